The molecule has 0 bridgehead atoms. The summed E-state index contributed by atoms with van der Waals surface area (Å²) in [7, 11) is 0. The Labute approximate surface area is 163 Å². The summed E-state index contributed by atoms with van der Waals surface area (Å²) in [5.41, 5.74) is 7.78. The van der Waals surface area contributed by atoms with Crippen LogP contribution in [0.15, 0.2) is 66.7 Å². The van der Waals surface area contributed by atoms with Gasteiger partial charge in [-0.05, 0) is 58.5 Å². The molecule has 27 heavy (non-hydrogen) atoms. The highest BCUT2D eigenvalue weighted by Crippen LogP contribution is 2.37. The van der Waals surface area contributed by atoms with E-state index in [1.165, 1.54) is 22.3 Å². The fraction of sp³-hybridized carbons (Fsp3) is 0.130. The van der Waals surface area contributed by atoms with Gasteiger partial charge in [-0.2, -0.15) is 5.26 Å². The van der Waals surface area contributed by atoms with Crippen LogP contribution in [0.5, 0.6) is 0 Å². The fourth-order valence-corrected chi connectivity index (χ4v) is 4.14. The molecule has 0 saturated heterocycles. The number of carbonyl (C=O) groups is 1. The number of hydrogen-bond acceptors (Lipinski definition) is 3. The average molecular weight is 370 g/mol. The van der Waals surface area contributed by atoms with E-state index in [-0.39, 0.29) is 5.91 Å². The molecule has 1 amide bonds. The number of amides is 1. The first-order chi connectivity index (χ1) is 13.2. The van der Waals surface area contributed by atoms with Gasteiger partial charge in [0.05, 0.1) is 17.4 Å². The Hall–Kier alpha value is -3.03. The van der Waals surface area contributed by atoms with Gasteiger partial charge in [0.15, 0.2) is 0 Å². The summed E-state index contributed by atoms with van der Waals surface area (Å²) in [5.74, 6) is 1.15. The molecule has 4 heteroatoms. The van der Waals surface area contributed by atoms with Crippen molar-refractivity contribution in [2.24, 2.45) is 0 Å². The molecule has 0 atom stereocenters. The molecular formula is C23H18N2OS. The maximum Gasteiger partial charge on any atom is 0.234 e. The lowest BCUT2D eigenvalue weighted by Crippen LogP contribution is -2.14. The number of thioether (sulfide) groups is 1. The SMILES string of the molecule is N#Cc1ccc(CSCC(=O)Nc2ccc3c(c2)Cc2ccccc2-3)cc1. The molecule has 0 aromatic heterocycles. The number of rotatable bonds is 5. The van der Waals surface area contributed by atoms with E-state index in [9.17, 15) is 4.79 Å². The Morgan fingerprint density at radius 2 is 1.78 bits per heavy atom. The smallest absolute Gasteiger partial charge is 0.234 e. The minimum absolute atomic E-state index is 0.00380. The van der Waals surface area contributed by atoms with Crippen LogP contribution in [0.1, 0.15) is 22.3 Å². The highest BCUT2D eigenvalue weighted by atomic mass is 32.2. The number of carbonyl (C=O) groups excluding carboxylic acids is 1. The predicted molar refractivity (Wildman–Crippen MR) is 111 cm³/mol. The monoisotopic (exact) mass is 370 g/mol. The summed E-state index contributed by atoms with van der Waals surface area (Å²) < 4.78 is 0. The van der Waals surface area contributed by atoms with Gasteiger partial charge in [-0.15, -0.1) is 11.8 Å². The average Bonchev–Trinajstić information content (AvgIpc) is 3.06. The molecule has 0 radical (unpaired) electrons. The molecule has 0 unspecified atom stereocenters. The molecular weight excluding hydrogens is 352 g/mol. The molecule has 0 spiro atoms. The third kappa shape index (κ3) is 3.89. The van der Waals surface area contributed by atoms with Crippen LogP contribution in [0.2, 0.25) is 0 Å². The summed E-state index contributed by atoms with van der Waals surface area (Å²) in [6.07, 6.45) is 0.919. The van der Waals surface area contributed by atoms with E-state index in [4.69, 9.17) is 5.26 Å². The highest BCUT2D eigenvalue weighted by Gasteiger charge is 2.18. The second kappa shape index (κ2) is 7.69. The molecule has 3 aromatic carbocycles. The van der Waals surface area contributed by atoms with Gasteiger partial charge >= 0.3 is 0 Å². The maximum atomic E-state index is 12.2. The van der Waals surface area contributed by atoms with E-state index >= 15 is 0 Å². The summed E-state index contributed by atoms with van der Waals surface area (Å²) in [5, 5.41) is 11.8. The van der Waals surface area contributed by atoms with Gasteiger partial charge in [-0.3, -0.25) is 4.79 Å². The summed E-state index contributed by atoms with van der Waals surface area (Å²) in [6.45, 7) is 0. The normalized spacial score (nSPS) is 11.4. The first-order valence-electron chi connectivity index (χ1n) is 8.81. The lowest BCUT2D eigenvalue weighted by atomic mass is 10.1. The van der Waals surface area contributed by atoms with Gasteiger partial charge in [0, 0.05) is 11.4 Å². The van der Waals surface area contributed by atoms with Gasteiger partial charge in [0.2, 0.25) is 5.91 Å². The van der Waals surface area contributed by atoms with Crippen LogP contribution >= 0.6 is 11.8 Å². The van der Waals surface area contributed by atoms with Gasteiger partial charge in [0.25, 0.3) is 0 Å². The van der Waals surface area contributed by atoms with E-state index in [0.29, 0.717) is 11.3 Å². The molecule has 0 fully saturated rings. The minimum atomic E-state index is 0.00380. The molecule has 0 aliphatic heterocycles. The van der Waals surface area contributed by atoms with Crippen LogP contribution in [-0.4, -0.2) is 11.7 Å². The Balaban J connectivity index is 1.32. The molecule has 1 aliphatic rings. The highest BCUT2D eigenvalue weighted by molar-refractivity contribution is 7.99. The zero-order valence-corrected chi connectivity index (χ0v) is 15.6. The van der Waals surface area contributed by atoms with Crippen molar-refractivity contribution in [2.45, 2.75) is 12.2 Å². The Morgan fingerprint density at radius 1 is 1.00 bits per heavy atom. The van der Waals surface area contributed by atoms with Crippen LogP contribution in [-0.2, 0) is 17.0 Å². The van der Waals surface area contributed by atoms with Crippen LogP contribution in [0, 0.1) is 11.3 Å². The van der Waals surface area contributed by atoms with Crippen molar-refractivity contribution in [3.05, 3.63) is 89.0 Å². The molecule has 3 aromatic rings. The third-order valence-corrected chi connectivity index (χ3v) is 5.67. The number of fused-ring (bicyclic) bond motifs is 3. The number of hydrogen-bond donors (Lipinski definition) is 1. The first kappa shape index (κ1) is 17.4. The number of nitriles is 1. The molecule has 4 rings (SSSR count). The lowest BCUT2D eigenvalue weighted by Gasteiger charge is -2.08. The standard InChI is InChI=1S/C23H18N2OS/c24-13-16-5-7-17(8-6-16)14-27-15-23(26)25-20-9-10-22-19(12-20)11-18-3-1-2-4-21(18)22/h1-10,12H,11,14-15H2,(H,25,26). The number of benzene rings is 3. The van der Waals surface area contributed by atoms with Crippen molar-refractivity contribution in [1.82, 2.24) is 0 Å². The molecule has 3 nitrogen and oxygen atoms in total. The topological polar surface area (TPSA) is 52.9 Å². The third-order valence-electron chi connectivity index (χ3n) is 4.66. The first-order valence-corrected chi connectivity index (χ1v) is 9.96. The van der Waals surface area contributed by atoms with Crippen molar-refractivity contribution in [3.63, 3.8) is 0 Å². The van der Waals surface area contributed by atoms with E-state index in [1.807, 2.05) is 18.2 Å². The molecule has 0 saturated carbocycles. The Bertz CT molecular complexity index is 1030. The number of nitrogens with zero attached hydrogens (tertiary/aromatic N) is 1. The second-order valence-corrected chi connectivity index (χ2v) is 7.54. The Kier molecular flexibility index (Phi) is 4.95. The zero-order chi connectivity index (χ0) is 18.6. The summed E-state index contributed by atoms with van der Waals surface area (Å²) in [4.78, 5) is 12.2. The Morgan fingerprint density at radius 3 is 2.59 bits per heavy atom. The molecule has 1 aliphatic carbocycles. The van der Waals surface area contributed by atoms with Gasteiger partial charge in [-0.25, -0.2) is 0 Å². The molecule has 1 N–H and O–H groups in total. The van der Waals surface area contributed by atoms with Crippen molar-refractivity contribution in [3.8, 4) is 17.2 Å². The van der Waals surface area contributed by atoms with Gasteiger partial charge < -0.3 is 5.32 Å². The van der Waals surface area contributed by atoms with Gasteiger partial charge in [-0.1, -0.05) is 42.5 Å². The number of anilines is 1. The largest absolute Gasteiger partial charge is 0.325 e. The van der Waals surface area contributed by atoms with E-state index in [1.54, 1.807) is 23.9 Å². The van der Waals surface area contributed by atoms with Crippen molar-refractivity contribution >= 4 is 23.4 Å². The van der Waals surface area contributed by atoms with Crippen LogP contribution in [0.3, 0.4) is 0 Å². The molecule has 0 heterocycles. The van der Waals surface area contributed by atoms with E-state index < -0.39 is 0 Å². The van der Waals surface area contributed by atoms with E-state index in [2.05, 4.69) is 47.8 Å². The summed E-state index contributed by atoms with van der Waals surface area (Å²) in [6, 6.07) is 24.2. The van der Waals surface area contributed by atoms with Crippen molar-refractivity contribution in [1.29, 1.82) is 5.26 Å². The van der Waals surface area contributed by atoms with Gasteiger partial charge in [0.1, 0.15) is 0 Å². The van der Waals surface area contributed by atoms with Crippen LogP contribution in [0.4, 0.5) is 5.69 Å². The quantitative estimate of drug-likeness (QED) is 0.538. The summed E-state index contributed by atoms with van der Waals surface area (Å²) >= 11 is 1.57. The zero-order valence-electron chi connectivity index (χ0n) is 14.7. The molecule has 132 valence electrons. The van der Waals surface area contributed by atoms with E-state index in [0.717, 1.165) is 23.4 Å². The number of nitrogens with one attached hydrogen (secondary N) is 1. The van der Waals surface area contributed by atoms with Crippen molar-refractivity contribution in [2.75, 3.05) is 11.1 Å². The van der Waals surface area contributed by atoms with Crippen LogP contribution < -0.4 is 5.32 Å². The maximum absolute atomic E-state index is 12.2. The predicted octanol–water partition coefficient (Wildman–Crippen LogP) is 5.00. The van der Waals surface area contributed by atoms with Crippen molar-refractivity contribution < 1.29 is 4.79 Å². The van der Waals surface area contributed by atoms with Crippen LogP contribution in [0.25, 0.3) is 11.1 Å². The fourth-order valence-electron chi connectivity index (χ4n) is 3.36. The second-order valence-electron chi connectivity index (χ2n) is 6.56. The minimum Gasteiger partial charge on any atom is -0.325 e. The lowest BCUT2D eigenvalue weighted by molar-refractivity contribution is -0.113.